The summed E-state index contributed by atoms with van der Waals surface area (Å²) >= 11 is 3.52. The van der Waals surface area contributed by atoms with Gasteiger partial charge in [0.1, 0.15) is 0 Å². The topological polar surface area (TPSA) is 3.24 Å². The second-order valence-electron chi connectivity index (χ2n) is 4.98. The molecule has 0 spiro atoms. The smallest absolute Gasteiger partial charge is 0.0396 e. The summed E-state index contributed by atoms with van der Waals surface area (Å²) in [5.41, 5.74) is 4.14. The Hall–Kier alpha value is -0.500. The molecule has 1 aromatic carbocycles. The molecule has 102 valence electrons. The second-order valence-corrected chi connectivity index (χ2v) is 5.54. The minimum atomic E-state index is 0.806. The van der Waals surface area contributed by atoms with Crippen molar-refractivity contribution >= 4 is 21.6 Å². The Morgan fingerprint density at radius 1 is 1.17 bits per heavy atom. The monoisotopic (exact) mass is 311 g/mol. The van der Waals surface area contributed by atoms with E-state index in [9.17, 15) is 0 Å². The van der Waals surface area contributed by atoms with Crippen LogP contribution in [0, 0.1) is 12.8 Å². The van der Waals surface area contributed by atoms with Gasteiger partial charge in [0.05, 0.1) is 0 Å². The first-order valence-electron chi connectivity index (χ1n) is 7.06. The molecule has 1 nitrogen and oxygen atoms in total. The van der Waals surface area contributed by atoms with E-state index in [1.807, 2.05) is 0 Å². The van der Waals surface area contributed by atoms with Crippen molar-refractivity contribution in [2.75, 3.05) is 18.0 Å². The highest BCUT2D eigenvalue weighted by molar-refractivity contribution is 9.08. The van der Waals surface area contributed by atoms with E-state index in [4.69, 9.17) is 0 Å². The van der Waals surface area contributed by atoms with E-state index in [1.54, 1.807) is 0 Å². The number of alkyl halides is 1. The van der Waals surface area contributed by atoms with Crippen LogP contribution >= 0.6 is 15.9 Å². The molecule has 0 radical (unpaired) electrons. The van der Waals surface area contributed by atoms with Crippen molar-refractivity contribution in [3.8, 4) is 0 Å². The SMILES string of the molecule is CCC(CC)CN(CC)c1ccc(CBr)cc1C. The predicted molar refractivity (Wildman–Crippen MR) is 85.8 cm³/mol. The Kier molecular flexibility index (Phi) is 6.77. The van der Waals surface area contributed by atoms with Crippen LogP contribution in [0.4, 0.5) is 5.69 Å². The summed E-state index contributed by atoms with van der Waals surface area (Å²) in [5.74, 6) is 0.806. The van der Waals surface area contributed by atoms with Gasteiger partial charge in [0.15, 0.2) is 0 Å². The maximum Gasteiger partial charge on any atom is 0.0396 e. The molecule has 0 heterocycles. The van der Waals surface area contributed by atoms with Crippen LogP contribution in [0.3, 0.4) is 0 Å². The third-order valence-electron chi connectivity index (χ3n) is 3.77. The molecule has 1 aromatic rings. The number of hydrogen-bond acceptors (Lipinski definition) is 1. The fraction of sp³-hybridized carbons (Fsp3) is 0.625. The third kappa shape index (κ3) is 4.01. The molecule has 0 unspecified atom stereocenters. The van der Waals surface area contributed by atoms with E-state index in [0.29, 0.717) is 0 Å². The number of aryl methyl sites for hydroxylation is 1. The number of halogens is 1. The molecule has 0 atom stereocenters. The zero-order chi connectivity index (χ0) is 13.5. The molecule has 0 amide bonds. The normalized spacial score (nSPS) is 11.0. The van der Waals surface area contributed by atoms with Gasteiger partial charge in [-0.15, -0.1) is 0 Å². The van der Waals surface area contributed by atoms with Gasteiger partial charge in [0.2, 0.25) is 0 Å². The Balaban J connectivity index is 2.87. The van der Waals surface area contributed by atoms with E-state index in [0.717, 1.165) is 17.8 Å². The molecule has 0 aliphatic rings. The zero-order valence-corrected chi connectivity index (χ0v) is 13.8. The summed E-state index contributed by atoms with van der Waals surface area (Å²) in [4.78, 5) is 2.52. The highest BCUT2D eigenvalue weighted by atomic mass is 79.9. The van der Waals surface area contributed by atoms with Gasteiger partial charge in [-0.2, -0.15) is 0 Å². The van der Waals surface area contributed by atoms with Crippen molar-refractivity contribution in [1.82, 2.24) is 0 Å². The average Bonchev–Trinajstić information content (AvgIpc) is 2.41. The van der Waals surface area contributed by atoms with Gasteiger partial charge >= 0.3 is 0 Å². The number of hydrogen-bond donors (Lipinski definition) is 0. The average molecular weight is 312 g/mol. The van der Waals surface area contributed by atoms with Crippen molar-refractivity contribution in [3.05, 3.63) is 29.3 Å². The second kappa shape index (κ2) is 7.83. The van der Waals surface area contributed by atoms with Crippen LogP contribution in [0.1, 0.15) is 44.7 Å². The molecule has 0 bridgehead atoms. The first-order chi connectivity index (χ1) is 8.65. The van der Waals surface area contributed by atoms with Gasteiger partial charge in [-0.1, -0.05) is 54.8 Å². The minimum Gasteiger partial charge on any atom is -0.371 e. The van der Waals surface area contributed by atoms with E-state index < -0.39 is 0 Å². The van der Waals surface area contributed by atoms with Crippen molar-refractivity contribution < 1.29 is 0 Å². The van der Waals surface area contributed by atoms with E-state index in [-0.39, 0.29) is 0 Å². The first kappa shape index (κ1) is 15.6. The van der Waals surface area contributed by atoms with E-state index in [1.165, 1.54) is 36.2 Å². The van der Waals surface area contributed by atoms with Crippen LogP contribution in [0.15, 0.2) is 18.2 Å². The van der Waals surface area contributed by atoms with E-state index >= 15 is 0 Å². The van der Waals surface area contributed by atoms with Crippen LogP contribution in [-0.4, -0.2) is 13.1 Å². The van der Waals surface area contributed by atoms with Crippen LogP contribution in [0.25, 0.3) is 0 Å². The molecule has 1 rings (SSSR count). The van der Waals surface area contributed by atoms with Crippen LogP contribution in [-0.2, 0) is 5.33 Å². The lowest BCUT2D eigenvalue weighted by molar-refractivity contribution is 0.486. The van der Waals surface area contributed by atoms with Crippen molar-refractivity contribution in [2.45, 2.75) is 45.9 Å². The fourth-order valence-corrected chi connectivity index (χ4v) is 2.76. The summed E-state index contributed by atoms with van der Waals surface area (Å²) in [6.07, 6.45) is 2.54. The Labute approximate surface area is 121 Å². The number of nitrogens with zero attached hydrogens (tertiary/aromatic N) is 1. The molecule has 0 aliphatic carbocycles. The van der Waals surface area contributed by atoms with Gasteiger partial charge in [-0.05, 0) is 37.0 Å². The summed E-state index contributed by atoms with van der Waals surface area (Å²) < 4.78 is 0. The molecule has 0 aliphatic heterocycles. The molecule has 0 saturated heterocycles. The van der Waals surface area contributed by atoms with Crippen LogP contribution in [0.5, 0.6) is 0 Å². The quantitative estimate of drug-likeness (QED) is 0.629. The lowest BCUT2D eigenvalue weighted by Gasteiger charge is -2.29. The van der Waals surface area contributed by atoms with E-state index in [2.05, 4.69) is 66.7 Å². The molecule has 2 heteroatoms. The first-order valence-corrected chi connectivity index (χ1v) is 8.18. The largest absolute Gasteiger partial charge is 0.371 e. The molecular weight excluding hydrogens is 286 g/mol. The highest BCUT2D eigenvalue weighted by Crippen LogP contribution is 2.24. The van der Waals surface area contributed by atoms with Crippen molar-refractivity contribution in [1.29, 1.82) is 0 Å². The van der Waals surface area contributed by atoms with Crippen molar-refractivity contribution in [3.63, 3.8) is 0 Å². The van der Waals surface area contributed by atoms with Gasteiger partial charge < -0.3 is 4.90 Å². The lowest BCUT2D eigenvalue weighted by Crippen LogP contribution is -2.29. The Bertz CT molecular complexity index is 358. The van der Waals surface area contributed by atoms with Gasteiger partial charge in [0, 0.05) is 24.1 Å². The summed E-state index contributed by atoms with van der Waals surface area (Å²) in [7, 11) is 0. The minimum absolute atomic E-state index is 0.806. The number of benzene rings is 1. The lowest BCUT2D eigenvalue weighted by atomic mass is 10.0. The van der Waals surface area contributed by atoms with Gasteiger partial charge in [-0.25, -0.2) is 0 Å². The maximum atomic E-state index is 3.52. The fourth-order valence-electron chi connectivity index (χ4n) is 2.41. The predicted octanol–water partition coefficient (Wildman–Crippen LogP) is 5.15. The molecule has 18 heavy (non-hydrogen) atoms. The molecule has 0 N–H and O–H groups in total. The Morgan fingerprint density at radius 3 is 2.28 bits per heavy atom. The number of rotatable bonds is 7. The van der Waals surface area contributed by atoms with Crippen LogP contribution < -0.4 is 4.90 Å². The van der Waals surface area contributed by atoms with Gasteiger partial charge in [-0.3, -0.25) is 0 Å². The Morgan fingerprint density at radius 2 is 1.83 bits per heavy atom. The summed E-state index contributed by atoms with van der Waals surface area (Å²) in [6, 6.07) is 6.80. The summed E-state index contributed by atoms with van der Waals surface area (Å²) in [6.45, 7) is 11.3. The third-order valence-corrected chi connectivity index (χ3v) is 4.42. The molecular formula is C16H26BrN. The highest BCUT2D eigenvalue weighted by Gasteiger charge is 2.12. The summed E-state index contributed by atoms with van der Waals surface area (Å²) in [5, 5.41) is 0.937. The zero-order valence-electron chi connectivity index (χ0n) is 12.2. The van der Waals surface area contributed by atoms with Crippen LogP contribution in [0.2, 0.25) is 0 Å². The standard InChI is InChI=1S/C16H26BrN/c1-5-14(6-2)12-18(7-3)16-9-8-15(11-17)10-13(16)4/h8-10,14H,5-7,11-12H2,1-4H3. The number of anilines is 1. The molecule has 0 aromatic heterocycles. The molecule has 0 saturated carbocycles. The van der Waals surface area contributed by atoms with Gasteiger partial charge in [0.25, 0.3) is 0 Å². The van der Waals surface area contributed by atoms with Crippen molar-refractivity contribution in [2.24, 2.45) is 5.92 Å². The molecule has 0 fully saturated rings. The maximum absolute atomic E-state index is 3.52.